The van der Waals surface area contributed by atoms with Crippen LogP contribution in [0.25, 0.3) is 10.8 Å². The molecule has 0 amide bonds. The number of fused-ring (bicyclic) bond motifs is 1. The Balaban J connectivity index is 3.33. The van der Waals surface area contributed by atoms with E-state index in [1.54, 1.807) is 0 Å². The van der Waals surface area contributed by atoms with Crippen LogP contribution < -0.4 is 16.3 Å². The Morgan fingerprint density at radius 3 is 2.23 bits per heavy atom. The molecule has 0 unspecified atom stereocenters. The van der Waals surface area contributed by atoms with Crippen LogP contribution in [0.5, 0.6) is 0 Å². The highest BCUT2D eigenvalue weighted by Crippen LogP contribution is 2.16. The summed E-state index contributed by atoms with van der Waals surface area (Å²) < 4.78 is 0. The van der Waals surface area contributed by atoms with Gasteiger partial charge < -0.3 is 0 Å². The molecular formula is C9H3ClO3. The Morgan fingerprint density at radius 2 is 1.62 bits per heavy atom. The molecule has 2 aromatic carbocycles. The van der Waals surface area contributed by atoms with E-state index in [2.05, 4.69) is 0 Å². The summed E-state index contributed by atoms with van der Waals surface area (Å²) in [6, 6.07) is 4.43. The topological polar surface area (TPSA) is 51.2 Å². The van der Waals surface area contributed by atoms with E-state index < -0.39 is 16.3 Å². The highest BCUT2D eigenvalue weighted by atomic mass is 35.5. The zero-order valence-corrected chi connectivity index (χ0v) is 7.09. The normalized spacial score (nSPS) is 10.8. The van der Waals surface area contributed by atoms with Gasteiger partial charge in [0.25, 0.3) is 5.43 Å². The molecule has 3 nitrogen and oxygen atoms in total. The molecule has 0 N–H and O–H groups in total. The maximum atomic E-state index is 11.2. The van der Waals surface area contributed by atoms with E-state index in [9.17, 15) is 14.4 Å². The third-order valence-electron chi connectivity index (χ3n) is 1.90. The summed E-state index contributed by atoms with van der Waals surface area (Å²) >= 11 is 5.67. The minimum atomic E-state index is -0.997. The second-order valence-electron chi connectivity index (χ2n) is 2.65. The number of halogens is 1. The zero-order valence-electron chi connectivity index (χ0n) is 6.33. The summed E-state index contributed by atoms with van der Waals surface area (Å²) in [6.07, 6.45) is 0. The molecule has 2 aromatic rings. The number of hydrogen-bond acceptors (Lipinski definition) is 3. The third-order valence-corrected chi connectivity index (χ3v) is 2.21. The Morgan fingerprint density at radius 1 is 0.923 bits per heavy atom. The van der Waals surface area contributed by atoms with Crippen LogP contribution in [-0.4, -0.2) is 0 Å². The van der Waals surface area contributed by atoms with E-state index in [0.717, 1.165) is 0 Å². The summed E-state index contributed by atoms with van der Waals surface area (Å²) in [5.41, 5.74) is -2.56. The van der Waals surface area contributed by atoms with E-state index in [4.69, 9.17) is 11.6 Å². The van der Waals surface area contributed by atoms with Crippen LogP contribution in [-0.2, 0) is 0 Å². The molecular weight excluding hydrogens is 192 g/mol. The highest BCUT2D eigenvalue weighted by molar-refractivity contribution is 6.35. The van der Waals surface area contributed by atoms with Crippen LogP contribution in [0.2, 0.25) is 5.02 Å². The molecule has 0 saturated carbocycles. The molecule has 13 heavy (non-hydrogen) atoms. The van der Waals surface area contributed by atoms with Crippen LogP contribution >= 0.6 is 11.6 Å². The van der Waals surface area contributed by atoms with Gasteiger partial charge in [-0.05, 0) is 6.07 Å². The largest absolute Gasteiger partial charge is 0.285 e. The number of hydrogen-bond donors (Lipinski definition) is 0. The monoisotopic (exact) mass is 194 g/mol. The molecule has 0 spiro atoms. The van der Waals surface area contributed by atoms with Crippen LogP contribution in [0.1, 0.15) is 0 Å². The average molecular weight is 195 g/mol. The predicted molar refractivity (Wildman–Crippen MR) is 50.1 cm³/mol. The second-order valence-corrected chi connectivity index (χ2v) is 3.06. The summed E-state index contributed by atoms with van der Waals surface area (Å²) in [5, 5.41) is 0.309. The third kappa shape index (κ3) is 0.939. The quantitative estimate of drug-likeness (QED) is 0.572. The molecule has 0 fully saturated rings. The molecule has 0 saturated heterocycles. The van der Waals surface area contributed by atoms with Crippen molar-refractivity contribution in [2.24, 2.45) is 0 Å². The minimum absolute atomic E-state index is 0.0409. The molecule has 0 heterocycles. The summed E-state index contributed by atoms with van der Waals surface area (Å²) in [5.74, 6) is 0. The van der Waals surface area contributed by atoms with E-state index in [1.807, 2.05) is 0 Å². The molecule has 0 aromatic heterocycles. The van der Waals surface area contributed by atoms with Gasteiger partial charge in [-0.1, -0.05) is 23.7 Å². The lowest BCUT2D eigenvalue weighted by Crippen LogP contribution is -2.29. The van der Waals surface area contributed by atoms with Gasteiger partial charge in [-0.3, -0.25) is 14.4 Å². The Kier molecular flexibility index (Phi) is 1.57. The van der Waals surface area contributed by atoms with Crippen molar-refractivity contribution in [2.75, 3.05) is 0 Å². The van der Waals surface area contributed by atoms with Gasteiger partial charge in [0.15, 0.2) is 0 Å². The van der Waals surface area contributed by atoms with Gasteiger partial charge in [0.05, 0.1) is 10.4 Å². The molecule has 64 valence electrons. The lowest BCUT2D eigenvalue weighted by molar-refractivity contribution is 1.56. The Hall–Kier alpha value is -1.48. The fourth-order valence-electron chi connectivity index (χ4n) is 1.28. The maximum Gasteiger partial charge on any atom is 0.274 e. The lowest BCUT2D eigenvalue weighted by Gasteiger charge is -1.88. The SMILES string of the molecule is O=c1c(=O)c2cccc(Cl)c2c1=O. The predicted octanol–water partition coefficient (Wildman–Crippen LogP) is 0.449. The zero-order chi connectivity index (χ0) is 9.59. The van der Waals surface area contributed by atoms with Crippen LogP contribution in [0.15, 0.2) is 32.6 Å². The lowest BCUT2D eigenvalue weighted by atomic mass is 10.2. The highest BCUT2D eigenvalue weighted by Gasteiger charge is 2.13. The smallest absolute Gasteiger partial charge is 0.274 e. The first kappa shape index (κ1) is 8.13. The Bertz CT molecular complexity index is 621. The van der Waals surface area contributed by atoms with Crippen molar-refractivity contribution in [3.05, 3.63) is 53.9 Å². The first-order valence-corrected chi connectivity index (χ1v) is 3.92. The fourth-order valence-corrected chi connectivity index (χ4v) is 1.54. The molecule has 0 aliphatic carbocycles. The molecule has 4 heteroatoms. The van der Waals surface area contributed by atoms with Crippen molar-refractivity contribution in [1.82, 2.24) is 0 Å². The summed E-state index contributed by atoms with van der Waals surface area (Å²) in [4.78, 5) is 33.3. The second kappa shape index (κ2) is 2.50. The molecule has 0 atom stereocenters. The van der Waals surface area contributed by atoms with Crippen LogP contribution in [0.4, 0.5) is 0 Å². The molecule has 0 aliphatic heterocycles. The van der Waals surface area contributed by atoms with E-state index in [0.29, 0.717) is 0 Å². The van der Waals surface area contributed by atoms with Crippen molar-refractivity contribution in [3.8, 4) is 0 Å². The van der Waals surface area contributed by atoms with Crippen LogP contribution in [0, 0.1) is 0 Å². The van der Waals surface area contributed by atoms with Gasteiger partial charge in [-0.2, -0.15) is 0 Å². The van der Waals surface area contributed by atoms with E-state index >= 15 is 0 Å². The number of rotatable bonds is 0. The number of benzene rings is 1. The van der Waals surface area contributed by atoms with Crippen molar-refractivity contribution < 1.29 is 0 Å². The van der Waals surface area contributed by atoms with E-state index in [1.165, 1.54) is 18.2 Å². The van der Waals surface area contributed by atoms with Gasteiger partial charge in [0.2, 0.25) is 10.9 Å². The standard InChI is InChI=1S/C9H3ClO3/c10-5-3-1-2-4-6(5)8(12)9(13)7(4)11/h1-3H. The van der Waals surface area contributed by atoms with Gasteiger partial charge in [-0.15, -0.1) is 0 Å². The molecule has 0 bridgehead atoms. The van der Waals surface area contributed by atoms with Gasteiger partial charge in [0.1, 0.15) is 0 Å². The van der Waals surface area contributed by atoms with Crippen molar-refractivity contribution >= 4 is 22.4 Å². The molecule has 0 aliphatic rings. The Labute approximate surface area is 76.9 Å². The van der Waals surface area contributed by atoms with Crippen LogP contribution in [0.3, 0.4) is 0 Å². The maximum absolute atomic E-state index is 11.2. The van der Waals surface area contributed by atoms with Gasteiger partial charge >= 0.3 is 0 Å². The van der Waals surface area contributed by atoms with Crippen molar-refractivity contribution in [1.29, 1.82) is 0 Å². The van der Waals surface area contributed by atoms with E-state index in [-0.39, 0.29) is 15.8 Å². The average Bonchev–Trinajstić information content (AvgIpc) is 2.33. The van der Waals surface area contributed by atoms with Crippen molar-refractivity contribution in [2.45, 2.75) is 0 Å². The molecule has 2 rings (SSSR count). The van der Waals surface area contributed by atoms with Gasteiger partial charge in [-0.25, -0.2) is 0 Å². The van der Waals surface area contributed by atoms with Gasteiger partial charge in [0, 0.05) is 5.39 Å². The minimum Gasteiger partial charge on any atom is -0.285 e. The molecule has 0 radical (unpaired) electrons. The van der Waals surface area contributed by atoms with Crippen molar-refractivity contribution in [3.63, 3.8) is 0 Å². The first-order valence-electron chi connectivity index (χ1n) is 3.55. The summed E-state index contributed by atoms with van der Waals surface area (Å²) in [7, 11) is 0. The summed E-state index contributed by atoms with van der Waals surface area (Å²) in [6.45, 7) is 0. The first-order chi connectivity index (χ1) is 6.13. The fraction of sp³-hybridized carbons (Fsp3) is 0.